The summed E-state index contributed by atoms with van der Waals surface area (Å²) >= 11 is 5.88. The van der Waals surface area contributed by atoms with Crippen molar-refractivity contribution in [1.29, 1.82) is 5.26 Å². The summed E-state index contributed by atoms with van der Waals surface area (Å²) in [5.74, 6) is 0.898. The number of rotatable bonds is 4. The second kappa shape index (κ2) is 7.47. The summed E-state index contributed by atoms with van der Waals surface area (Å²) in [7, 11) is 1.54. The van der Waals surface area contributed by atoms with Gasteiger partial charge in [0.05, 0.1) is 31.6 Å². The summed E-state index contributed by atoms with van der Waals surface area (Å²) < 4.78 is 17.0. The van der Waals surface area contributed by atoms with Gasteiger partial charge >= 0.3 is 0 Å². The van der Waals surface area contributed by atoms with Gasteiger partial charge in [-0.05, 0) is 29.8 Å². The molecule has 2 aromatic rings. The molecule has 0 spiro atoms. The minimum atomic E-state index is -0.0102. The minimum absolute atomic E-state index is 0.0102. The third kappa shape index (κ3) is 3.42. The largest absolute Gasteiger partial charge is 0.492 e. The van der Waals surface area contributed by atoms with Crippen molar-refractivity contribution in [2.45, 2.75) is 18.9 Å². The van der Waals surface area contributed by atoms with Gasteiger partial charge in [0.25, 0.3) is 0 Å². The quantitative estimate of drug-likeness (QED) is 0.792. The Bertz CT molecular complexity index is 770. The number of nitrogens with zero attached hydrogens (tertiary/aromatic N) is 3. The van der Waals surface area contributed by atoms with E-state index in [1.165, 1.54) is 0 Å². The van der Waals surface area contributed by atoms with E-state index in [0.717, 1.165) is 12.8 Å². The van der Waals surface area contributed by atoms with Crippen molar-refractivity contribution < 1.29 is 14.2 Å². The molecule has 124 valence electrons. The van der Waals surface area contributed by atoms with Gasteiger partial charge in [0, 0.05) is 24.6 Å². The topological polar surface area (TPSA) is 77.3 Å². The molecule has 1 saturated heterocycles. The van der Waals surface area contributed by atoms with Crippen molar-refractivity contribution in [3.05, 3.63) is 35.2 Å². The molecule has 3 rings (SSSR count). The number of halogens is 1. The molecular formula is C17H16ClN3O3. The van der Waals surface area contributed by atoms with Gasteiger partial charge in [0.15, 0.2) is 11.5 Å². The smallest absolute Gasteiger partial charge is 0.222 e. The van der Waals surface area contributed by atoms with Crippen LogP contribution < -0.4 is 9.47 Å². The second-order valence-electron chi connectivity index (χ2n) is 5.28. The Kier molecular flexibility index (Phi) is 5.14. The van der Waals surface area contributed by atoms with E-state index >= 15 is 0 Å². The van der Waals surface area contributed by atoms with Crippen LogP contribution in [0.1, 0.15) is 18.4 Å². The number of hydrogen-bond acceptors (Lipinski definition) is 6. The van der Waals surface area contributed by atoms with Gasteiger partial charge in [-0.25, -0.2) is 9.97 Å². The number of ether oxygens (including phenoxy) is 3. The summed E-state index contributed by atoms with van der Waals surface area (Å²) in [5, 5.41) is 9.56. The predicted octanol–water partition coefficient (Wildman–Crippen LogP) is 3.24. The van der Waals surface area contributed by atoms with Crippen molar-refractivity contribution in [3.8, 4) is 28.8 Å². The molecule has 0 unspecified atom stereocenters. The fourth-order valence-corrected chi connectivity index (χ4v) is 2.76. The number of methoxy groups -OCH3 is 1. The fraction of sp³-hybridized carbons (Fsp3) is 0.353. The number of aromatic nitrogens is 2. The lowest BCUT2D eigenvalue weighted by molar-refractivity contribution is 0.0244. The maximum atomic E-state index is 9.42. The molecule has 1 aromatic carbocycles. The van der Waals surface area contributed by atoms with Crippen LogP contribution in [-0.2, 0) is 4.74 Å². The predicted molar refractivity (Wildman–Crippen MR) is 88.2 cm³/mol. The van der Waals surface area contributed by atoms with Gasteiger partial charge in [-0.1, -0.05) is 0 Å². The fourth-order valence-electron chi connectivity index (χ4n) is 2.62. The molecule has 6 nitrogen and oxygen atoms in total. The zero-order chi connectivity index (χ0) is 16.9. The van der Waals surface area contributed by atoms with Crippen LogP contribution in [0.2, 0.25) is 5.28 Å². The first kappa shape index (κ1) is 16.5. The number of benzene rings is 1. The molecule has 2 heterocycles. The Morgan fingerprint density at radius 1 is 1.25 bits per heavy atom. The Morgan fingerprint density at radius 2 is 2.04 bits per heavy atom. The molecule has 1 aromatic heterocycles. The maximum absolute atomic E-state index is 9.42. The standard InChI is InChI=1S/C17H16ClN3O3/c1-22-16-13(14-4-7-20-17(18)21-14)3-2-11(10-19)15(16)24-12-5-8-23-9-6-12/h2-4,7,12H,5-6,8-9H2,1H3. The van der Waals surface area contributed by atoms with Crippen LogP contribution in [0, 0.1) is 11.3 Å². The lowest BCUT2D eigenvalue weighted by Gasteiger charge is -2.25. The molecule has 1 aliphatic heterocycles. The Hall–Kier alpha value is -2.36. The Labute approximate surface area is 145 Å². The first-order valence-corrected chi connectivity index (χ1v) is 7.95. The average Bonchev–Trinajstić information content (AvgIpc) is 2.62. The van der Waals surface area contributed by atoms with Crippen molar-refractivity contribution >= 4 is 11.6 Å². The molecular weight excluding hydrogens is 330 g/mol. The first-order chi connectivity index (χ1) is 11.7. The molecule has 24 heavy (non-hydrogen) atoms. The maximum Gasteiger partial charge on any atom is 0.222 e. The van der Waals surface area contributed by atoms with Gasteiger partial charge in [-0.15, -0.1) is 0 Å². The molecule has 0 bridgehead atoms. The van der Waals surface area contributed by atoms with E-state index in [2.05, 4.69) is 16.0 Å². The first-order valence-electron chi connectivity index (χ1n) is 7.57. The molecule has 0 aliphatic carbocycles. The SMILES string of the molecule is COc1c(-c2ccnc(Cl)n2)ccc(C#N)c1OC1CCOCC1. The Balaban J connectivity index is 2.05. The average molecular weight is 346 g/mol. The van der Waals surface area contributed by atoms with E-state index in [1.54, 1.807) is 31.5 Å². The minimum Gasteiger partial charge on any atom is -0.492 e. The summed E-state index contributed by atoms with van der Waals surface area (Å²) in [4.78, 5) is 8.10. The monoisotopic (exact) mass is 345 g/mol. The molecule has 0 amide bonds. The van der Waals surface area contributed by atoms with Crippen LogP contribution in [-0.4, -0.2) is 36.4 Å². The van der Waals surface area contributed by atoms with Crippen molar-refractivity contribution in [2.75, 3.05) is 20.3 Å². The molecule has 7 heteroatoms. The zero-order valence-electron chi connectivity index (χ0n) is 13.2. The van der Waals surface area contributed by atoms with Gasteiger partial charge in [-0.2, -0.15) is 5.26 Å². The zero-order valence-corrected chi connectivity index (χ0v) is 13.9. The highest BCUT2D eigenvalue weighted by molar-refractivity contribution is 6.28. The third-order valence-corrected chi connectivity index (χ3v) is 3.97. The van der Waals surface area contributed by atoms with Crippen LogP contribution in [0.4, 0.5) is 0 Å². The van der Waals surface area contributed by atoms with Crippen LogP contribution in [0.25, 0.3) is 11.3 Å². The van der Waals surface area contributed by atoms with E-state index in [4.69, 9.17) is 25.8 Å². The highest BCUT2D eigenvalue weighted by Gasteiger charge is 2.23. The molecule has 1 fully saturated rings. The molecule has 0 atom stereocenters. The lowest BCUT2D eigenvalue weighted by Crippen LogP contribution is -2.26. The van der Waals surface area contributed by atoms with Crippen LogP contribution >= 0.6 is 11.6 Å². The molecule has 0 saturated carbocycles. The van der Waals surface area contributed by atoms with Crippen LogP contribution in [0.3, 0.4) is 0 Å². The summed E-state index contributed by atoms with van der Waals surface area (Å²) in [6, 6.07) is 7.35. The van der Waals surface area contributed by atoms with E-state index in [1.807, 2.05) is 0 Å². The van der Waals surface area contributed by atoms with Gasteiger partial charge < -0.3 is 14.2 Å². The van der Waals surface area contributed by atoms with Gasteiger partial charge in [-0.3, -0.25) is 0 Å². The van der Waals surface area contributed by atoms with Crippen molar-refractivity contribution in [1.82, 2.24) is 9.97 Å². The van der Waals surface area contributed by atoms with Gasteiger partial charge in [0.1, 0.15) is 12.2 Å². The number of nitriles is 1. The van der Waals surface area contributed by atoms with E-state index in [-0.39, 0.29) is 11.4 Å². The molecule has 0 N–H and O–H groups in total. The summed E-state index contributed by atoms with van der Waals surface area (Å²) in [5.41, 5.74) is 1.72. The highest BCUT2D eigenvalue weighted by atomic mass is 35.5. The molecule has 1 aliphatic rings. The summed E-state index contributed by atoms with van der Waals surface area (Å²) in [6.45, 7) is 1.30. The second-order valence-corrected chi connectivity index (χ2v) is 5.61. The Morgan fingerprint density at radius 3 is 2.71 bits per heavy atom. The van der Waals surface area contributed by atoms with E-state index in [9.17, 15) is 5.26 Å². The lowest BCUT2D eigenvalue weighted by atomic mass is 10.1. The van der Waals surface area contributed by atoms with E-state index < -0.39 is 0 Å². The van der Waals surface area contributed by atoms with E-state index in [0.29, 0.717) is 41.5 Å². The highest BCUT2D eigenvalue weighted by Crippen LogP contribution is 2.41. The van der Waals surface area contributed by atoms with Crippen molar-refractivity contribution in [3.63, 3.8) is 0 Å². The van der Waals surface area contributed by atoms with Crippen LogP contribution in [0.15, 0.2) is 24.4 Å². The normalized spacial score (nSPS) is 14.9. The summed E-state index contributed by atoms with van der Waals surface area (Å²) in [6.07, 6.45) is 3.11. The van der Waals surface area contributed by atoms with Crippen molar-refractivity contribution in [2.24, 2.45) is 0 Å². The van der Waals surface area contributed by atoms with Crippen LogP contribution in [0.5, 0.6) is 11.5 Å². The number of hydrogen-bond donors (Lipinski definition) is 0. The molecule has 0 radical (unpaired) electrons. The van der Waals surface area contributed by atoms with Gasteiger partial charge in [0.2, 0.25) is 5.28 Å². The third-order valence-electron chi connectivity index (χ3n) is 3.79.